The number of amides is 2. The van der Waals surface area contributed by atoms with Gasteiger partial charge in [0.2, 0.25) is 11.8 Å². The monoisotopic (exact) mass is 261 g/mol. The lowest BCUT2D eigenvalue weighted by atomic mass is 9.91. The summed E-state index contributed by atoms with van der Waals surface area (Å²) in [7, 11) is 0. The molecule has 4 heteroatoms. The first kappa shape index (κ1) is 13.6. The van der Waals surface area contributed by atoms with Gasteiger partial charge in [0.15, 0.2) is 0 Å². The van der Waals surface area contributed by atoms with Gasteiger partial charge in [-0.1, -0.05) is 19.1 Å². The number of hydrogen-bond acceptors (Lipinski definition) is 3. The molecule has 19 heavy (non-hydrogen) atoms. The van der Waals surface area contributed by atoms with Gasteiger partial charge >= 0.3 is 0 Å². The highest BCUT2D eigenvalue weighted by Crippen LogP contribution is 2.20. The zero-order chi connectivity index (χ0) is 13.7. The van der Waals surface area contributed by atoms with Crippen molar-refractivity contribution in [3.8, 4) is 5.75 Å². The van der Waals surface area contributed by atoms with E-state index < -0.39 is 0 Å². The predicted molar refractivity (Wildman–Crippen MR) is 71.8 cm³/mol. The van der Waals surface area contributed by atoms with E-state index in [0.717, 1.165) is 17.7 Å². The number of nitrogens with one attached hydrogen (secondary N) is 1. The fourth-order valence-corrected chi connectivity index (χ4v) is 2.16. The Morgan fingerprint density at radius 1 is 1.26 bits per heavy atom. The van der Waals surface area contributed by atoms with Crippen molar-refractivity contribution in [1.82, 2.24) is 5.32 Å². The topological polar surface area (TPSA) is 55.4 Å². The summed E-state index contributed by atoms with van der Waals surface area (Å²) in [6.07, 6.45) is 2.73. The minimum Gasteiger partial charge on any atom is -0.494 e. The molecule has 4 nitrogen and oxygen atoms in total. The van der Waals surface area contributed by atoms with Crippen molar-refractivity contribution >= 4 is 11.8 Å². The average molecular weight is 261 g/mol. The van der Waals surface area contributed by atoms with Crippen LogP contribution in [0.25, 0.3) is 0 Å². The van der Waals surface area contributed by atoms with E-state index in [-0.39, 0.29) is 17.7 Å². The fraction of sp³-hybridized carbons (Fsp3) is 0.467. The Labute approximate surface area is 113 Å². The average Bonchev–Trinajstić information content (AvgIpc) is 2.41. The first-order valence-electron chi connectivity index (χ1n) is 6.74. The highest BCUT2D eigenvalue weighted by atomic mass is 16.5. The van der Waals surface area contributed by atoms with Crippen molar-refractivity contribution in [3.63, 3.8) is 0 Å². The van der Waals surface area contributed by atoms with Crippen molar-refractivity contribution in [2.75, 3.05) is 6.61 Å². The Kier molecular flexibility index (Phi) is 4.55. The maximum atomic E-state index is 11.7. The van der Waals surface area contributed by atoms with E-state index in [4.69, 9.17) is 4.74 Å². The molecule has 102 valence electrons. The van der Waals surface area contributed by atoms with Crippen LogP contribution in [0.15, 0.2) is 24.3 Å². The van der Waals surface area contributed by atoms with Crippen LogP contribution in [0.2, 0.25) is 0 Å². The molecule has 0 aromatic heterocycles. The number of carbonyl (C=O) groups is 2. The summed E-state index contributed by atoms with van der Waals surface area (Å²) >= 11 is 0. The van der Waals surface area contributed by atoms with Gasteiger partial charge in [-0.25, -0.2) is 0 Å². The molecule has 0 aliphatic carbocycles. The van der Waals surface area contributed by atoms with Crippen molar-refractivity contribution in [1.29, 1.82) is 0 Å². The van der Waals surface area contributed by atoms with Crippen LogP contribution >= 0.6 is 0 Å². The minimum atomic E-state index is -0.162. The first-order valence-corrected chi connectivity index (χ1v) is 6.74. The lowest BCUT2D eigenvalue weighted by Gasteiger charge is -2.20. The third kappa shape index (κ3) is 3.81. The second kappa shape index (κ2) is 6.36. The summed E-state index contributed by atoms with van der Waals surface area (Å²) in [6.45, 7) is 2.78. The Morgan fingerprint density at radius 3 is 2.63 bits per heavy atom. The SMILES string of the molecule is CCCOc1ccc(C[C@H]2CCC(=O)NC2=O)cc1. The Hall–Kier alpha value is -1.84. The summed E-state index contributed by atoms with van der Waals surface area (Å²) in [5.41, 5.74) is 1.10. The summed E-state index contributed by atoms with van der Waals surface area (Å²) in [6, 6.07) is 7.82. The molecule has 1 heterocycles. The molecule has 1 aromatic carbocycles. The number of carbonyl (C=O) groups excluding carboxylic acids is 2. The summed E-state index contributed by atoms with van der Waals surface area (Å²) < 4.78 is 5.51. The molecule has 0 bridgehead atoms. The molecule has 2 amide bonds. The molecule has 1 saturated heterocycles. The van der Waals surface area contributed by atoms with E-state index in [1.165, 1.54) is 0 Å². The third-order valence-corrected chi connectivity index (χ3v) is 3.23. The quantitative estimate of drug-likeness (QED) is 0.825. The molecule has 2 rings (SSSR count). The molecular weight excluding hydrogens is 242 g/mol. The van der Waals surface area contributed by atoms with Gasteiger partial charge in [0.05, 0.1) is 6.61 Å². The summed E-state index contributed by atoms with van der Waals surface area (Å²) in [5, 5.41) is 2.39. The molecule has 0 unspecified atom stereocenters. The lowest BCUT2D eigenvalue weighted by Crippen LogP contribution is -2.41. The van der Waals surface area contributed by atoms with Gasteiger partial charge < -0.3 is 4.74 Å². The maximum absolute atomic E-state index is 11.7. The minimum absolute atomic E-state index is 0.0971. The van der Waals surface area contributed by atoms with Gasteiger partial charge in [-0.2, -0.15) is 0 Å². The van der Waals surface area contributed by atoms with Gasteiger partial charge in [0.25, 0.3) is 0 Å². The lowest BCUT2D eigenvalue weighted by molar-refractivity contribution is -0.136. The number of rotatable bonds is 5. The molecule has 1 aromatic rings. The summed E-state index contributed by atoms with van der Waals surface area (Å²) in [5.74, 6) is 0.445. The van der Waals surface area contributed by atoms with Gasteiger partial charge in [-0.3, -0.25) is 14.9 Å². The molecule has 1 N–H and O–H groups in total. The zero-order valence-electron chi connectivity index (χ0n) is 11.1. The van der Waals surface area contributed by atoms with Gasteiger partial charge in [-0.05, 0) is 37.0 Å². The van der Waals surface area contributed by atoms with Gasteiger partial charge in [0, 0.05) is 12.3 Å². The van der Waals surface area contributed by atoms with Gasteiger partial charge in [0.1, 0.15) is 5.75 Å². The fourth-order valence-electron chi connectivity index (χ4n) is 2.16. The van der Waals surface area contributed by atoms with Crippen LogP contribution < -0.4 is 10.1 Å². The van der Waals surface area contributed by atoms with Crippen LogP contribution in [-0.4, -0.2) is 18.4 Å². The van der Waals surface area contributed by atoms with Crippen LogP contribution in [0.5, 0.6) is 5.75 Å². The van der Waals surface area contributed by atoms with Crippen LogP contribution in [0, 0.1) is 5.92 Å². The predicted octanol–water partition coefficient (Wildman–Crippen LogP) is 2.07. The number of ether oxygens (including phenoxy) is 1. The van der Waals surface area contributed by atoms with E-state index in [0.29, 0.717) is 25.9 Å². The number of piperidine rings is 1. The molecular formula is C15H19NO3. The molecule has 0 radical (unpaired) electrons. The van der Waals surface area contributed by atoms with Crippen molar-refractivity contribution in [2.45, 2.75) is 32.6 Å². The van der Waals surface area contributed by atoms with Gasteiger partial charge in [-0.15, -0.1) is 0 Å². The maximum Gasteiger partial charge on any atom is 0.230 e. The van der Waals surface area contributed by atoms with E-state index in [9.17, 15) is 9.59 Å². The normalized spacial score (nSPS) is 19.1. The Morgan fingerprint density at radius 2 is 2.00 bits per heavy atom. The largest absolute Gasteiger partial charge is 0.494 e. The molecule has 1 atom stereocenters. The van der Waals surface area contributed by atoms with E-state index in [1.807, 2.05) is 24.3 Å². The highest BCUT2D eigenvalue weighted by molar-refractivity contribution is 5.98. The standard InChI is InChI=1S/C15H19NO3/c1-2-9-19-13-6-3-11(4-7-13)10-12-5-8-14(17)16-15(12)18/h3-4,6-7,12H,2,5,8-10H2,1H3,(H,16,17,18)/t12-/m1/s1. The smallest absolute Gasteiger partial charge is 0.230 e. The molecule has 0 saturated carbocycles. The Balaban J connectivity index is 1.92. The number of imide groups is 1. The van der Waals surface area contributed by atoms with Crippen molar-refractivity contribution in [3.05, 3.63) is 29.8 Å². The highest BCUT2D eigenvalue weighted by Gasteiger charge is 2.26. The van der Waals surface area contributed by atoms with Crippen LogP contribution in [-0.2, 0) is 16.0 Å². The second-order valence-electron chi connectivity index (χ2n) is 4.84. The molecule has 1 fully saturated rings. The van der Waals surface area contributed by atoms with E-state index in [1.54, 1.807) is 0 Å². The van der Waals surface area contributed by atoms with E-state index in [2.05, 4.69) is 12.2 Å². The number of benzene rings is 1. The third-order valence-electron chi connectivity index (χ3n) is 3.23. The Bertz CT molecular complexity index is 453. The molecule has 0 spiro atoms. The van der Waals surface area contributed by atoms with Crippen LogP contribution in [0.3, 0.4) is 0 Å². The summed E-state index contributed by atoms with van der Waals surface area (Å²) in [4.78, 5) is 22.7. The molecule has 1 aliphatic heterocycles. The van der Waals surface area contributed by atoms with Crippen LogP contribution in [0.1, 0.15) is 31.7 Å². The van der Waals surface area contributed by atoms with Crippen molar-refractivity contribution < 1.29 is 14.3 Å². The molecule has 1 aliphatic rings. The van der Waals surface area contributed by atoms with E-state index >= 15 is 0 Å². The second-order valence-corrected chi connectivity index (χ2v) is 4.84. The van der Waals surface area contributed by atoms with Crippen molar-refractivity contribution in [2.24, 2.45) is 5.92 Å². The van der Waals surface area contributed by atoms with Crippen LogP contribution in [0.4, 0.5) is 0 Å². The number of hydrogen-bond donors (Lipinski definition) is 1. The zero-order valence-corrected chi connectivity index (χ0v) is 11.1. The first-order chi connectivity index (χ1) is 9.19.